The first kappa shape index (κ1) is 14.8. The van der Waals surface area contributed by atoms with Crippen LogP contribution in [0.5, 0.6) is 0 Å². The van der Waals surface area contributed by atoms with Crippen LogP contribution < -0.4 is 5.32 Å². The van der Waals surface area contributed by atoms with Gasteiger partial charge in [0.1, 0.15) is 11.1 Å². The quantitative estimate of drug-likeness (QED) is 0.864. The molecule has 3 nitrogen and oxygen atoms in total. The van der Waals surface area contributed by atoms with Crippen molar-refractivity contribution in [3.8, 4) is 6.07 Å². The van der Waals surface area contributed by atoms with Crippen LogP contribution in [0.4, 0.5) is 5.00 Å². The molecule has 102 valence electrons. The molecule has 1 aromatic heterocycles. The van der Waals surface area contributed by atoms with Crippen molar-refractivity contribution in [2.24, 2.45) is 0 Å². The minimum Gasteiger partial charge on any atom is -0.312 e. The smallest absolute Gasteiger partial charge is 0.257 e. The van der Waals surface area contributed by atoms with Crippen LogP contribution in [-0.4, -0.2) is 5.91 Å². The third kappa shape index (κ3) is 2.77. The predicted molar refractivity (Wildman–Crippen MR) is 85.3 cm³/mol. The molecule has 0 spiro atoms. The highest BCUT2D eigenvalue weighted by Gasteiger charge is 2.16. The number of carbonyl (C=O) groups is 1. The first-order chi connectivity index (χ1) is 9.43. The highest BCUT2D eigenvalue weighted by atomic mass is 79.9. The average molecular weight is 349 g/mol. The van der Waals surface area contributed by atoms with Gasteiger partial charge in [0.25, 0.3) is 5.91 Å². The molecule has 20 heavy (non-hydrogen) atoms. The van der Waals surface area contributed by atoms with E-state index in [-0.39, 0.29) is 5.91 Å². The first-order valence-electron chi connectivity index (χ1n) is 6.01. The average Bonchev–Trinajstić information content (AvgIpc) is 2.64. The molecule has 0 fully saturated rings. The highest BCUT2D eigenvalue weighted by molar-refractivity contribution is 9.10. The summed E-state index contributed by atoms with van der Waals surface area (Å²) in [6.45, 7) is 5.80. The van der Waals surface area contributed by atoms with E-state index in [0.29, 0.717) is 16.1 Å². The van der Waals surface area contributed by atoms with Crippen LogP contribution in [0.2, 0.25) is 0 Å². The summed E-state index contributed by atoms with van der Waals surface area (Å²) >= 11 is 4.82. The Morgan fingerprint density at radius 3 is 2.65 bits per heavy atom. The van der Waals surface area contributed by atoms with Crippen molar-refractivity contribution < 1.29 is 4.79 Å². The van der Waals surface area contributed by atoms with Crippen molar-refractivity contribution in [2.75, 3.05) is 5.32 Å². The molecule has 1 heterocycles. The SMILES string of the molecule is Cc1ccc(C(=O)Nc2sc(C)c(C)c2C#N)c(Br)c1. The van der Waals surface area contributed by atoms with Crippen LogP contribution >= 0.6 is 27.3 Å². The lowest BCUT2D eigenvalue weighted by Gasteiger charge is -2.06. The van der Waals surface area contributed by atoms with E-state index in [1.165, 1.54) is 11.3 Å². The third-order valence-corrected chi connectivity index (χ3v) is 4.87. The molecule has 0 aliphatic rings. The topological polar surface area (TPSA) is 52.9 Å². The number of hydrogen-bond donors (Lipinski definition) is 1. The second-order valence-electron chi connectivity index (χ2n) is 4.54. The summed E-state index contributed by atoms with van der Waals surface area (Å²) < 4.78 is 0.749. The van der Waals surface area contributed by atoms with Crippen LogP contribution in [0.1, 0.15) is 31.9 Å². The van der Waals surface area contributed by atoms with E-state index < -0.39 is 0 Å². The van der Waals surface area contributed by atoms with E-state index in [1.807, 2.05) is 32.9 Å². The van der Waals surface area contributed by atoms with Crippen LogP contribution in [-0.2, 0) is 0 Å². The van der Waals surface area contributed by atoms with E-state index in [2.05, 4.69) is 27.3 Å². The van der Waals surface area contributed by atoms with E-state index in [1.54, 1.807) is 6.07 Å². The Kier molecular flexibility index (Phi) is 4.26. The number of nitrogens with one attached hydrogen (secondary N) is 1. The van der Waals surface area contributed by atoms with Crippen molar-refractivity contribution in [3.63, 3.8) is 0 Å². The van der Waals surface area contributed by atoms with Gasteiger partial charge in [0.15, 0.2) is 0 Å². The second kappa shape index (κ2) is 5.78. The highest BCUT2D eigenvalue weighted by Crippen LogP contribution is 2.32. The standard InChI is InChI=1S/C15H13BrN2OS/c1-8-4-5-11(13(16)6-8)14(19)18-15-12(7-17)9(2)10(3)20-15/h4-6H,1-3H3,(H,18,19). The Bertz CT molecular complexity index is 728. The minimum atomic E-state index is -0.213. The van der Waals surface area contributed by atoms with Crippen LogP contribution in [0, 0.1) is 32.1 Å². The number of rotatable bonds is 2. The number of carbonyl (C=O) groups excluding carboxylic acids is 1. The third-order valence-electron chi connectivity index (χ3n) is 3.09. The number of anilines is 1. The Hall–Kier alpha value is -1.64. The minimum absolute atomic E-state index is 0.213. The fourth-order valence-corrected chi connectivity index (χ4v) is 3.50. The molecule has 5 heteroatoms. The molecule has 0 bridgehead atoms. The zero-order valence-corrected chi connectivity index (χ0v) is 13.8. The van der Waals surface area contributed by atoms with Gasteiger partial charge in [-0.25, -0.2) is 0 Å². The molecule has 0 unspecified atom stereocenters. The van der Waals surface area contributed by atoms with Gasteiger partial charge in [-0.2, -0.15) is 5.26 Å². The van der Waals surface area contributed by atoms with Crippen LogP contribution in [0.3, 0.4) is 0 Å². The van der Waals surface area contributed by atoms with E-state index in [0.717, 1.165) is 20.5 Å². The maximum Gasteiger partial charge on any atom is 0.257 e. The summed E-state index contributed by atoms with van der Waals surface area (Å²) in [5, 5.41) is 12.6. The van der Waals surface area contributed by atoms with Gasteiger partial charge in [-0.15, -0.1) is 11.3 Å². The van der Waals surface area contributed by atoms with Crippen molar-refractivity contribution in [2.45, 2.75) is 20.8 Å². The fraction of sp³-hybridized carbons (Fsp3) is 0.200. The molecule has 0 saturated heterocycles. The van der Waals surface area contributed by atoms with E-state index >= 15 is 0 Å². The molecular weight excluding hydrogens is 336 g/mol. The van der Waals surface area contributed by atoms with Gasteiger partial charge in [-0.05, 0) is 60.0 Å². The lowest BCUT2D eigenvalue weighted by atomic mass is 10.1. The van der Waals surface area contributed by atoms with Crippen molar-refractivity contribution >= 4 is 38.2 Å². The molecular formula is C15H13BrN2OS. The molecule has 2 rings (SSSR count). The summed E-state index contributed by atoms with van der Waals surface area (Å²) in [4.78, 5) is 13.3. The summed E-state index contributed by atoms with van der Waals surface area (Å²) in [7, 11) is 0. The van der Waals surface area contributed by atoms with Gasteiger partial charge in [0.05, 0.1) is 11.1 Å². The zero-order valence-electron chi connectivity index (χ0n) is 11.4. The molecule has 0 radical (unpaired) electrons. The number of benzene rings is 1. The number of amides is 1. The maximum atomic E-state index is 12.3. The molecule has 0 saturated carbocycles. The van der Waals surface area contributed by atoms with Crippen molar-refractivity contribution in [3.05, 3.63) is 49.8 Å². The Labute approximate surface area is 130 Å². The summed E-state index contributed by atoms with van der Waals surface area (Å²) in [5.74, 6) is -0.213. The Morgan fingerprint density at radius 2 is 2.05 bits per heavy atom. The first-order valence-corrected chi connectivity index (χ1v) is 7.62. The molecule has 0 atom stereocenters. The normalized spacial score (nSPS) is 10.2. The summed E-state index contributed by atoms with van der Waals surface area (Å²) in [6, 6.07) is 7.70. The van der Waals surface area contributed by atoms with Gasteiger partial charge < -0.3 is 5.32 Å². The number of thiophene rings is 1. The lowest BCUT2D eigenvalue weighted by molar-refractivity contribution is 0.102. The molecule has 0 aliphatic carbocycles. The second-order valence-corrected chi connectivity index (χ2v) is 6.62. The van der Waals surface area contributed by atoms with E-state index in [4.69, 9.17) is 0 Å². The molecule has 1 amide bonds. The maximum absolute atomic E-state index is 12.3. The van der Waals surface area contributed by atoms with Gasteiger partial charge in [0.2, 0.25) is 0 Å². The van der Waals surface area contributed by atoms with Gasteiger partial charge >= 0.3 is 0 Å². The number of nitriles is 1. The van der Waals surface area contributed by atoms with Crippen molar-refractivity contribution in [1.82, 2.24) is 0 Å². The Balaban J connectivity index is 2.33. The number of hydrogen-bond acceptors (Lipinski definition) is 3. The lowest BCUT2D eigenvalue weighted by Crippen LogP contribution is -2.12. The number of aryl methyl sites for hydroxylation is 2. The molecule has 1 aromatic carbocycles. The number of halogens is 1. The van der Waals surface area contributed by atoms with Crippen molar-refractivity contribution in [1.29, 1.82) is 5.26 Å². The van der Waals surface area contributed by atoms with Gasteiger partial charge in [-0.3, -0.25) is 4.79 Å². The van der Waals surface area contributed by atoms with Gasteiger partial charge in [0, 0.05) is 9.35 Å². The summed E-state index contributed by atoms with van der Waals surface area (Å²) in [5.41, 5.74) is 3.11. The molecule has 1 N–H and O–H groups in total. The predicted octanol–water partition coefficient (Wildman–Crippen LogP) is 4.56. The monoisotopic (exact) mass is 348 g/mol. The Morgan fingerprint density at radius 1 is 1.35 bits per heavy atom. The van der Waals surface area contributed by atoms with Crippen LogP contribution in [0.15, 0.2) is 22.7 Å². The summed E-state index contributed by atoms with van der Waals surface area (Å²) in [6.07, 6.45) is 0. The number of nitrogens with zero attached hydrogens (tertiary/aromatic N) is 1. The largest absolute Gasteiger partial charge is 0.312 e. The fourth-order valence-electron chi connectivity index (χ4n) is 1.82. The molecule has 2 aromatic rings. The van der Waals surface area contributed by atoms with Gasteiger partial charge in [-0.1, -0.05) is 6.07 Å². The zero-order chi connectivity index (χ0) is 14.9. The molecule has 0 aliphatic heterocycles. The van der Waals surface area contributed by atoms with Crippen LogP contribution in [0.25, 0.3) is 0 Å². The van der Waals surface area contributed by atoms with E-state index in [9.17, 15) is 10.1 Å².